The highest BCUT2D eigenvalue weighted by atomic mass is 15.3. The Hall–Kier alpha value is -3.09. The number of piperidine rings is 1. The molecular weight excluding hydrogens is 458 g/mol. The largest absolute Gasteiger partial charge is 0.340 e. The summed E-state index contributed by atoms with van der Waals surface area (Å²) in [4.78, 5) is 26.5. The van der Waals surface area contributed by atoms with Crippen molar-refractivity contribution in [1.82, 2.24) is 19.5 Å². The lowest BCUT2D eigenvalue weighted by Gasteiger charge is -2.29. The van der Waals surface area contributed by atoms with Crippen LogP contribution in [0.2, 0.25) is 0 Å². The quantitative estimate of drug-likeness (QED) is 0.461. The first-order valence-corrected chi connectivity index (χ1v) is 14.0. The number of hydrogen-bond acceptors (Lipinski definition) is 6. The van der Waals surface area contributed by atoms with E-state index in [1.807, 2.05) is 12.5 Å². The maximum atomic E-state index is 5.20. The van der Waals surface area contributed by atoms with E-state index < -0.39 is 0 Å². The number of imidazole rings is 1. The zero-order valence-corrected chi connectivity index (χ0v) is 23.1. The van der Waals surface area contributed by atoms with Crippen LogP contribution in [-0.4, -0.2) is 51.1 Å². The molecule has 5 rings (SSSR count). The van der Waals surface area contributed by atoms with Crippen LogP contribution in [-0.2, 0) is 0 Å². The molecule has 1 aliphatic carbocycles. The number of fused-ring (bicyclic) bond motifs is 1. The molecule has 0 spiro atoms. The van der Waals surface area contributed by atoms with Gasteiger partial charge in [0.2, 0.25) is 5.95 Å². The molecule has 0 bridgehead atoms. The van der Waals surface area contributed by atoms with Gasteiger partial charge in [0.05, 0.1) is 6.33 Å². The molecule has 0 aromatic carbocycles. The Labute approximate surface area is 221 Å². The number of anilines is 1. The van der Waals surface area contributed by atoms with Crippen molar-refractivity contribution in [3.63, 3.8) is 0 Å². The number of aliphatic imine (C=N–C) groups is 2. The monoisotopic (exact) mass is 499 g/mol. The van der Waals surface area contributed by atoms with E-state index >= 15 is 0 Å². The van der Waals surface area contributed by atoms with Gasteiger partial charge in [0.25, 0.3) is 0 Å². The van der Waals surface area contributed by atoms with Crippen molar-refractivity contribution in [3.05, 3.63) is 41.8 Å². The number of aromatic nitrogens is 4. The highest BCUT2D eigenvalue weighted by Crippen LogP contribution is 2.32. The van der Waals surface area contributed by atoms with Gasteiger partial charge in [0.1, 0.15) is 5.52 Å². The third-order valence-corrected chi connectivity index (χ3v) is 8.00. The van der Waals surface area contributed by atoms with E-state index in [9.17, 15) is 0 Å². The van der Waals surface area contributed by atoms with E-state index in [0.29, 0.717) is 17.8 Å². The molecule has 1 fully saturated rings. The van der Waals surface area contributed by atoms with Crippen LogP contribution in [0.5, 0.6) is 0 Å². The SMILES string of the molecule is CC1CCC(C(C)C)C=CC1=Nc1nc(N2CCC(=CC3=CC=NCC3)CC2)nc2ncn(C(C)C)c12. The van der Waals surface area contributed by atoms with Crippen LogP contribution in [0.4, 0.5) is 11.8 Å². The van der Waals surface area contributed by atoms with Crippen LogP contribution < -0.4 is 4.90 Å². The van der Waals surface area contributed by atoms with Gasteiger partial charge in [0, 0.05) is 37.6 Å². The van der Waals surface area contributed by atoms with Gasteiger partial charge in [-0.2, -0.15) is 9.97 Å². The average molecular weight is 500 g/mol. The van der Waals surface area contributed by atoms with Gasteiger partial charge >= 0.3 is 0 Å². The van der Waals surface area contributed by atoms with Gasteiger partial charge in [-0.15, -0.1) is 0 Å². The second-order valence-corrected chi connectivity index (χ2v) is 11.4. The Balaban J connectivity index is 1.47. The minimum absolute atomic E-state index is 0.257. The highest BCUT2D eigenvalue weighted by molar-refractivity contribution is 6.00. The van der Waals surface area contributed by atoms with Crippen molar-refractivity contribution in [1.29, 1.82) is 0 Å². The molecule has 2 aromatic rings. The fourth-order valence-electron chi connectivity index (χ4n) is 5.45. The fourth-order valence-corrected chi connectivity index (χ4v) is 5.45. The minimum atomic E-state index is 0.257. The minimum Gasteiger partial charge on any atom is -0.340 e. The van der Waals surface area contributed by atoms with Gasteiger partial charge < -0.3 is 9.47 Å². The number of dihydropyridines is 1. The Morgan fingerprint density at radius 2 is 1.86 bits per heavy atom. The molecule has 7 nitrogen and oxygen atoms in total. The predicted molar refractivity (Wildman–Crippen MR) is 154 cm³/mol. The molecule has 0 N–H and O–H groups in total. The molecule has 0 radical (unpaired) electrons. The topological polar surface area (TPSA) is 71.6 Å². The zero-order chi connectivity index (χ0) is 25.9. The van der Waals surface area contributed by atoms with Gasteiger partial charge in [-0.3, -0.25) is 4.99 Å². The molecule has 2 aromatic heterocycles. The van der Waals surface area contributed by atoms with Gasteiger partial charge in [-0.05, 0) is 81.4 Å². The number of nitrogens with zero attached hydrogens (tertiary/aromatic N) is 7. The van der Waals surface area contributed by atoms with E-state index in [1.54, 1.807) is 0 Å². The van der Waals surface area contributed by atoms with E-state index in [0.717, 1.165) is 74.0 Å². The summed E-state index contributed by atoms with van der Waals surface area (Å²) in [6, 6.07) is 0.257. The molecule has 37 heavy (non-hydrogen) atoms. The average Bonchev–Trinajstić information content (AvgIpc) is 3.24. The Bertz CT molecular complexity index is 1260. The van der Waals surface area contributed by atoms with Gasteiger partial charge in [-0.25, -0.2) is 9.98 Å². The summed E-state index contributed by atoms with van der Waals surface area (Å²) in [5.74, 6) is 3.13. The molecule has 4 heterocycles. The predicted octanol–water partition coefficient (Wildman–Crippen LogP) is 6.67. The van der Waals surface area contributed by atoms with E-state index in [-0.39, 0.29) is 6.04 Å². The fraction of sp³-hybridized carbons (Fsp3) is 0.567. The number of rotatable bonds is 5. The van der Waals surface area contributed by atoms with E-state index in [1.165, 1.54) is 17.6 Å². The zero-order valence-electron chi connectivity index (χ0n) is 23.1. The molecule has 7 heteroatoms. The summed E-state index contributed by atoms with van der Waals surface area (Å²) in [6.07, 6.45) is 18.4. The second kappa shape index (κ2) is 11.1. The van der Waals surface area contributed by atoms with E-state index in [4.69, 9.17) is 15.0 Å². The van der Waals surface area contributed by atoms with E-state index in [2.05, 4.69) is 78.4 Å². The lowest BCUT2D eigenvalue weighted by atomic mass is 9.90. The van der Waals surface area contributed by atoms with Crippen molar-refractivity contribution < 1.29 is 0 Å². The first-order valence-electron chi connectivity index (χ1n) is 14.0. The van der Waals surface area contributed by atoms with Gasteiger partial charge in [-0.1, -0.05) is 38.5 Å². The standard InChI is InChI=1S/C30H41N7/c1-20(2)25-7-6-22(5)26(9-8-25)33-29-27-28(32-19-37(27)21(3)4)34-30(35-29)36-16-12-24(13-17-36)18-23-10-14-31-15-11-23/h8-10,14,18-22,25H,6-7,11-13,15-17H2,1-5H3. The molecule has 1 saturated heterocycles. The molecule has 196 valence electrons. The first-order chi connectivity index (χ1) is 17.9. The molecule has 2 atom stereocenters. The smallest absolute Gasteiger partial charge is 0.229 e. The Kier molecular flexibility index (Phi) is 7.68. The molecule has 2 aliphatic heterocycles. The first kappa shape index (κ1) is 25.6. The molecule has 0 amide bonds. The molecular formula is C30H41N7. The normalized spacial score (nSPS) is 23.9. The second-order valence-electron chi connectivity index (χ2n) is 11.4. The van der Waals surface area contributed by atoms with Crippen LogP contribution in [0, 0.1) is 17.8 Å². The molecule has 2 unspecified atom stereocenters. The van der Waals surface area contributed by atoms with Crippen molar-refractivity contribution in [2.24, 2.45) is 27.7 Å². The molecule has 0 saturated carbocycles. The maximum Gasteiger partial charge on any atom is 0.229 e. The van der Waals surface area contributed by atoms with Crippen LogP contribution in [0.1, 0.15) is 72.8 Å². The Morgan fingerprint density at radius 3 is 2.57 bits per heavy atom. The van der Waals surface area contributed by atoms with Crippen LogP contribution in [0.15, 0.2) is 51.8 Å². The van der Waals surface area contributed by atoms with Crippen molar-refractivity contribution in [2.45, 2.75) is 72.8 Å². The highest BCUT2D eigenvalue weighted by Gasteiger charge is 2.23. The van der Waals surface area contributed by atoms with Crippen molar-refractivity contribution in [3.8, 4) is 0 Å². The third kappa shape index (κ3) is 5.76. The van der Waals surface area contributed by atoms with Gasteiger partial charge in [0.15, 0.2) is 11.5 Å². The summed E-state index contributed by atoms with van der Waals surface area (Å²) in [6.45, 7) is 14.0. The van der Waals surface area contributed by atoms with Crippen LogP contribution in [0.25, 0.3) is 11.2 Å². The lowest BCUT2D eigenvalue weighted by Crippen LogP contribution is -2.32. The number of allylic oxidation sites excluding steroid dienone is 4. The number of hydrogen-bond donors (Lipinski definition) is 0. The van der Waals surface area contributed by atoms with Crippen LogP contribution in [0.3, 0.4) is 0 Å². The van der Waals surface area contributed by atoms with Crippen molar-refractivity contribution >= 4 is 34.9 Å². The summed E-state index contributed by atoms with van der Waals surface area (Å²) in [5.41, 5.74) is 5.66. The summed E-state index contributed by atoms with van der Waals surface area (Å²) in [5, 5.41) is 0. The summed E-state index contributed by atoms with van der Waals surface area (Å²) >= 11 is 0. The summed E-state index contributed by atoms with van der Waals surface area (Å²) in [7, 11) is 0. The van der Waals surface area contributed by atoms with Crippen molar-refractivity contribution in [2.75, 3.05) is 24.5 Å². The molecule has 3 aliphatic rings. The summed E-state index contributed by atoms with van der Waals surface area (Å²) < 4.78 is 2.15. The maximum absolute atomic E-state index is 5.20. The van der Waals surface area contributed by atoms with Crippen LogP contribution >= 0.6 is 0 Å². The Morgan fingerprint density at radius 1 is 1.05 bits per heavy atom. The third-order valence-electron chi connectivity index (χ3n) is 8.00. The lowest BCUT2D eigenvalue weighted by molar-refractivity contribution is 0.415.